The molecule has 0 aromatic carbocycles. The van der Waals surface area contributed by atoms with Gasteiger partial charge in [-0.15, -0.1) is 5.10 Å². The number of aromatic nitrogens is 2. The van der Waals surface area contributed by atoms with Gasteiger partial charge in [-0.1, -0.05) is 0 Å². The Balaban J connectivity index is 3.29. The van der Waals surface area contributed by atoms with Crippen molar-refractivity contribution in [3.8, 4) is 0 Å². The minimum atomic E-state index is -0.741. The molecule has 0 saturated carbocycles. The van der Waals surface area contributed by atoms with Gasteiger partial charge in [-0.05, 0) is 6.92 Å². The molecule has 1 aromatic rings. The van der Waals surface area contributed by atoms with Gasteiger partial charge in [0.1, 0.15) is 0 Å². The van der Waals surface area contributed by atoms with E-state index in [-0.39, 0.29) is 5.56 Å². The van der Waals surface area contributed by atoms with Crippen LogP contribution < -0.4 is 0 Å². The first-order chi connectivity index (χ1) is 4.13. The molecule has 2 nitrogen and oxygen atoms in total. The lowest BCUT2D eigenvalue weighted by Gasteiger charge is -1.85. The van der Waals surface area contributed by atoms with Crippen LogP contribution in [0.1, 0.15) is 5.56 Å². The van der Waals surface area contributed by atoms with Crippen molar-refractivity contribution in [1.29, 1.82) is 0 Å². The molecular weight excluding hydrogens is 126 g/mol. The van der Waals surface area contributed by atoms with E-state index in [9.17, 15) is 8.78 Å². The lowest BCUT2D eigenvalue weighted by Crippen LogP contribution is -1.93. The van der Waals surface area contributed by atoms with Gasteiger partial charge in [0.25, 0.3) is 0 Å². The van der Waals surface area contributed by atoms with Crippen LogP contribution in [0.4, 0.5) is 8.78 Å². The molecule has 1 rings (SSSR count). The molecule has 0 spiro atoms. The molecule has 0 aliphatic carbocycles. The van der Waals surface area contributed by atoms with Crippen LogP contribution in [0.5, 0.6) is 0 Å². The Morgan fingerprint density at radius 2 is 2.00 bits per heavy atom. The Morgan fingerprint density at radius 1 is 1.44 bits per heavy atom. The van der Waals surface area contributed by atoms with Crippen LogP contribution >= 0.6 is 0 Å². The van der Waals surface area contributed by atoms with Crippen LogP contribution in [-0.4, -0.2) is 9.78 Å². The fourth-order valence-corrected chi connectivity index (χ4v) is 0.578. The molecule has 50 valence electrons. The summed E-state index contributed by atoms with van der Waals surface area (Å²) in [6.45, 7) is 1.34. The van der Waals surface area contributed by atoms with Crippen LogP contribution in [0.2, 0.25) is 0 Å². The van der Waals surface area contributed by atoms with Crippen LogP contribution in [0.15, 0.2) is 0 Å². The maximum absolute atomic E-state index is 12.4. The zero-order valence-corrected chi connectivity index (χ0v) is 5.15. The monoisotopic (exact) mass is 132 g/mol. The molecule has 0 unspecified atom stereocenters. The molecule has 0 aliphatic rings. The van der Waals surface area contributed by atoms with Crippen molar-refractivity contribution in [3.63, 3.8) is 0 Å². The van der Waals surface area contributed by atoms with Gasteiger partial charge in [-0.3, -0.25) is 0 Å². The Labute approximate surface area is 51.1 Å². The van der Waals surface area contributed by atoms with E-state index in [4.69, 9.17) is 0 Å². The number of hydrogen-bond donors (Lipinski definition) is 0. The number of rotatable bonds is 0. The third-order valence-electron chi connectivity index (χ3n) is 1.14. The highest BCUT2D eigenvalue weighted by molar-refractivity contribution is 5.04. The Hall–Kier alpha value is -0.930. The van der Waals surface area contributed by atoms with Gasteiger partial charge < -0.3 is 0 Å². The summed E-state index contributed by atoms with van der Waals surface area (Å²) in [5, 5.41) is 3.19. The van der Waals surface area contributed by atoms with Crippen LogP contribution in [0, 0.1) is 18.8 Å². The zero-order valence-electron chi connectivity index (χ0n) is 5.15. The second-order valence-corrected chi connectivity index (χ2v) is 1.83. The van der Waals surface area contributed by atoms with Crippen LogP contribution in [0.25, 0.3) is 0 Å². The average molecular weight is 132 g/mol. The van der Waals surface area contributed by atoms with Crippen molar-refractivity contribution >= 4 is 0 Å². The molecule has 0 aliphatic heterocycles. The molecule has 4 heteroatoms. The Bertz CT molecular complexity index is 207. The maximum atomic E-state index is 12.4. The Morgan fingerprint density at radius 3 is 2.11 bits per heavy atom. The van der Waals surface area contributed by atoms with Gasteiger partial charge in [0.05, 0.1) is 5.56 Å². The second-order valence-electron chi connectivity index (χ2n) is 1.83. The molecule has 1 heterocycles. The van der Waals surface area contributed by atoms with Crippen LogP contribution in [-0.2, 0) is 7.05 Å². The standard InChI is InChI=1S/C5H6F2N2/c1-3-4(6)8-9(2)5(3)7/h1-2H3. The lowest BCUT2D eigenvalue weighted by molar-refractivity contribution is 0.490. The maximum Gasteiger partial charge on any atom is 0.238 e. The van der Waals surface area contributed by atoms with Crippen molar-refractivity contribution in [3.05, 3.63) is 17.5 Å². The smallest absolute Gasteiger partial charge is 0.238 e. The summed E-state index contributed by atoms with van der Waals surface area (Å²) in [6.07, 6.45) is 0. The second kappa shape index (κ2) is 1.79. The van der Waals surface area contributed by atoms with E-state index in [0.717, 1.165) is 4.68 Å². The van der Waals surface area contributed by atoms with Gasteiger partial charge in [0.15, 0.2) is 0 Å². The quantitative estimate of drug-likeness (QED) is 0.515. The topological polar surface area (TPSA) is 17.8 Å². The number of hydrogen-bond acceptors (Lipinski definition) is 1. The normalized spacial score (nSPS) is 10.2. The Kier molecular flexibility index (Phi) is 1.23. The number of aryl methyl sites for hydroxylation is 1. The van der Waals surface area contributed by atoms with Gasteiger partial charge in [-0.2, -0.15) is 8.78 Å². The zero-order chi connectivity index (χ0) is 7.02. The molecule has 0 N–H and O–H groups in total. The van der Waals surface area contributed by atoms with Crippen molar-refractivity contribution < 1.29 is 8.78 Å². The summed E-state index contributed by atoms with van der Waals surface area (Å²) in [7, 11) is 1.35. The predicted molar refractivity (Wildman–Crippen MR) is 27.9 cm³/mol. The summed E-state index contributed by atoms with van der Waals surface area (Å²) in [4.78, 5) is 0. The van der Waals surface area contributed by atoms with Crippen molar-refractivity contribution in [1.82, 2.24) is 9.78 Å². The number of nitrogens with zero attached hydrogens (tertiary/aromatic N) is 2. The third-order valence-corrected chi connectivity index (χ3v) is 1.14. The van der Waals surface area contributed by atoms with Crippen LogP contribution in [0.3, 0.4) is 0 Å². The SMILES string of the molecule is Cc1c(F)nn(C)c1F. The van der Waals surface area contributed by atoms with E-state index >= 15 is 0 Å². The molecule has 0 saturated heterocycles. The van der Waals surface area contributed by atoms with E-state index in [2.05, 4.69) is 5.10 Å². The predicted octanol–water partition coefficient (Wildman–Crippen LogP) is 1.01. The van der Waals surface area contributed by atoms with E-state index in [1.54, 1.807) is 0 Å². The fourth-order valence-electron chi connectivity index (χ4n) is 0.578. The first-order valence-corrected chi connectivity index (χ1v) is 2.47. The largest absolute Gasteiger partial charge is 0.240 e. The molecule has 0 bridgehead atoms. The van der Waals surface area contributed by atoms with Gasteiger partial charge >= 0.3 is 0 Å². The minimum Gasteiger partial charge on any atom is -0.240 e. The highest BCUT2D eigenvalue weighted by Crippen LogP contribution is 2.06. The highest BCUT2D eigenvalue weighted by Gasteiger charge is 2.09. The van der Waals surface area contributed by atoms with Crippen molar-refractivity contribution in [2.75, 3.05) is 0 Å². The van der Waals surface area contributed by atoms with Gasteiger partial charge in [-0.25, -0.2) is 4.68 Å². The molecule has 0 fully saturated rings. The third kappa shape index (κ3) is 0.800. The van der Waals surface area contributed by atoms with Gasteiger partial charge in [0, 0.05) is 7.05 Å². The minimum absolute atomic E-state index is 0.0301. The van der Waals surface area contributed by atoms with E-state index in [1.165, 1.54) is 14.0 Å². The first kappa shape index (κ1) is 6.19. The summed E-state index contributed by atoms with van der Waals surface area (Å²) >= 11 is 0. The summed E-state index contributed by atoms with van der Waals surface area (Å²) in [5.74, 6) is -1.36. The average Bonchev–Trinajstić information content (AvgIpc) is 1.98. The number of halogens is 2. The van der Waals surface area contributed by atoms with E-state index in [0.29, 0.717) is 0 Å². The molecule has 0 amide bonds. The fraction of sp³-hybridized carbons (Fsp3) is 0.400. The lowest BCUT2D eigenvalue weighted by atomic mass is 10.4. The van der Waals surface area contributed by atoms with E-state index in [1.807, 2.05) is 0 Å². The highest BCUT2D eigenvalue weighted by atomic mass is 19.1. The molecule has 0 atom stereocenters. The summed E-state index contributed by atoms with van der Waals surface area (Å²) in [5.41, 5.74) is -0.0301. The molecule has 9 heavy (non-hydrogen) atoms. The molecule has 1 aromatic heterocycles. The summed E-state index contributed by atoms with van der Waals surface area (Å²) < 4.78 is 25.5. The van der Waals surface area contributed by atoms with Crippen molar-refractivity contribution in [2.24, 2.45) is 7.05 Å². The molecular formula is C5H6F2N2. The van der Waals surface area contributed by atoms with Crippen molar-refractivity contribution in [2.45, 2.75) is 6.92 Å². The van der Waals surface area contributed by atoms with Gasteiger partial charge in [0.2, 0.25) is 11.9 Å². The molecule has 0 radical (unpaired) electrons. The summed E-state index contributed by atoms with van der Waals surface area (Å²) in [6, 6.07) is 0. The first-order valence-electron chi connectivity index (χ1n) is 2.47. The van der Waals surface area contributed by atoms with E-state index < -0.39 is 11.9 Å².